The van der Waals surface area contributed by atoms with Crippen molar-refractivity contribution in [1.29, 1.82) is 0 Å². The van der Waals surface area contributed by atoms with Crippen molar-refractivity contribution in [2.24, 2.45) is 0 Å². The van der Waals surface area contributed by atoms with E-state index in [2.05, 4.69) is 10.6 Å². The quantitative estimate of drug-likeness (QED) is 0.897. The van der Waals surface area contributed by atoms with Crippen LogP contribution in [0, 0.1) is 11.6 Å². The molecule has 0 spiro atoms. The van der Waals surface area contributed by atoms with Gasteiger partial charge in [0.15, 0.2) is 11.6 Å². The second-order valence-electron chi connectivity index (χ2n) is 5.40. The first-order valence-corrected chi connectivity index (χ1v) is 7.08. The number of rotatable bonds is 4. The molecule has 1 fully saturated rings. The van der Waals surface area contributed by atoms with Gasteiger partial charge in [0.2, 0.25) is 0 Å². The van der Waals surface area contributed by atoms with Crippen molar-refractivity contribution in [2.45, 2.75) is 38.3 Å². The fourth-order valence-corrected chi connectivity index (χ4v) is 2.32. The minimum atomic E-state index is -0.874. The molecule has 1 aromatic carbocycles. The fourth-order valence-electron chi connectivity index (χ4n) is 2.32. The van der Waals surface area contributed by atoms with Gasteiger partial charge in [0.05, 0.1) is 12.1 Å². The average molecular weight is 298 g/mol. The number of benzene rings is 1. The molecule has 1 aliphatic heterocycles. The molecule has 2 N–H and O–H groups in total. The lowest BCUT2D eigenvalue weighted by Crippen LogP contribution is -2.45. The Labute approximate surface area is 122 Å². The molecule has 0 saturated carbocycles. The normalized spacial score (nSPS) is 22.9. The van der Waals surface area contributed by atoms with Crippen molar-refractivity contribution in [2.75, 3.05) is 13.2 Å². The van der Waals surface area contributed by atoms with Crippen molar-refractivity contribution in [3.8, 4) is 0 Å². The average Bonchev–Trinajstić information content (AvgIpc) is 2.84. The summed E-state index contributed by atoms with van der Waals surface area (Å²) in [6.07, 6.45) is 0.812. The third kappa shape index (κ3) is 4.14. The van der Waals surface area contributed by atoms with E-state index < -0.39 is 11.6 Å². The summed E-state index contributed by atoms with van der Waals surface area (Å²) in [5.41, 5.74) is 0.645. The number of hydrogen-bond donors (Lipinski definition) is 2. The van der Waals surface area contributed by atoms with E-state index in [1.165, 1.54) is 6.07 Å². The Hall–Kier alpha value is -1.69. The van der Waals surface area contributed by atoms with Gasteiger partial charge in [0.1, 0.15) is 0 Å². The lowest BCUT2D eigenvalue weighted by atomic mass is 10.0. The molecule has 0 bridgehead atoms. The van der Waals surface area contributed by atoms with Crippen LogP contribution < -0.4 is 10.6 Å². The predicted molar refractivity (Wildman–Crippen MR) is 75.1 cm³/mol. The fraction of sp³-hybridized carbons (Fsp3) is 0.533. The lowest BCUT2D eigenvalue weighted by molar-refractivity contribution is 0.114. The zero-order valence-corrected chi connectivity index (χ0v) is 12.2. The second kappa shape index (κ2) is 6.85. The number of urea groups is 1. The molecule has 4 nitrogen and oxygen atoms in total. The Balaban J connectivity index is 1.81. The van der Waals surface area contributed by atoms with Crippen molar-refractivity contribution in [1.82, 2.24) is 10.6 Å². The summed E-state index contributed by atoms with van der Waals surface area (Å²) in [5.74, 6) is -1.85. The number of carbonyl (C=O) groups excluding carboxylic acids is 1. The zero-order chi connectivity index (χ0) is 15.4. The van der Waals surface area contributed by atoms with Crippen LogP contribution in [0.15, 0.2) is 18.2 Å². The van der Waals surface area contributed by atoms with Gasteiger partial charge >= 0.3 is 6.03 Å². The molecular formula is C15H20F2N2O2. The first kappa shape index (κ1) is 15.7. The Morgan fingerprint density at radius 3 is 2.81 bits per heavy atom. The van der Waals surface area contributed by atoms with Gasteiger partial charge in [-0.2, -0.15) is 0 Å². The maximum atomic E-state index is 13.2. The van der Waals surface area contributed by atoms with E-state index in [9.17, 15) is 13.6 Å². The molecule has 0 aliphatic carbocycles. The first-order chi connectivity index (χ1) is 9.97. The first-order valence-electron chi connectivity index (χ1n) is 7.08. The number of amides is 2. The third-order valence-electron chi connectivity index (χ3n) is 3.77. The zero-order valence-electron chi connectivity index (χ0n) is 12.2. The summed E-state index contributed by atoms with van der Waals surface area (Å²) in [6.45, 7) is 4.76. The van der Waals surface area contributed by atoms with Gasteiger partial charge in [-0.25, -0.2) is 13.6 Å². The molecule has 2 amide bonds. The highest BCUT2D eigenvalue weighted by Gasteiger charge is 2.25. The Bertz CT molecular complexity index is 510. The molecule has 21 heavy (non-hydrogen) atoms. The van der Waals surface area contributed by atoms with Gasteiger partial charge < -0.3 is 15.4 Å². The number of hydrogen-bond acceptors (Lipinski definition) is 2. The van der Waals surface area contributed by atoms with Gasteiger partial charge in [-0.05, 0) is 37.0 Å². The molecule has 2 rings (SSSR count). The Morgan fingerprint density at radius 1 is 1.43 bits per heavy atom. The van der Waals surface area contributed by atoms with Crippen molar-refractivity contribution >= 4 is 6.03 Å². The van der Waals surface area contributed by atoms with Gasteiger partial charge in [-0.1, -0.05) is 13.0 Å². The minimum Gasteiger partial charge on any atom is -0.376 e. The molecule has 6 heteroatoms. The van der Waals surface area contributed by atoms with Crippen molar-refractivity contribution < 1.29 is 18.3 Å². The SMILES string of the molecule is C[C@H](CNC(=O)N[C@@H]1CCO[C@H]1C)c1ccc(F)c(F)c1. The minimum absolute atomic E-state index is 0.0133. The molecule has 0 radical (unpaired) electrons. The van der Waals surface area contributed by atoms with Gasteiger partial charge in [-0.3, -0.25) is 0 Å². The standard InChI is InChI=1S/C15H20F2N2O2/c1-9(11-3-4-12(16)13(17)7-11)8-18-15(20)19-14-5-6-21-10(14)2/h3-4,7,9-10,14H,5-6,8H2,1-2H3,(H2,18,19,20)/t9-,10+,14-/m1/s1. The summed E-state index contributed by atoms with van der Waals surface area (Å²) in [5, 5.41) is 5.59. The molecule has 1 saturated heterocycles. The van der Waals surface area contributed by atoms with E-state index in [0.29, 0.717) is 18.7 Å². The maximum absolute atomic E-state index is 13.2. The van der Waals surface area contributed by atoms with E-state index in [0.717, 1.165) is 18.6 Å². The highest BCUT2D eigenvalue weighted by atomic mass is 19.2. The number of nitrogens with one attached hydrogen (secondary N) is 2. The molecule has 0 unspecified atom stereocenters. The van der Waals surface area contributed by atoms with E-state index in [-0.39, 0.29) is 24.1 Å². The van der Waals surface area contributed by atoms with E-state index in [1.807, 2.05) is 13.8 Å². The third-order valence-corrected chi connectivity index (χ3v) is 3.77. The molecule has 1 aromatic rings. The summed E-state index contributed by atoms with van der Waals surface area (Å²) in [6, 6.07) is 3.52. The number of ether oxygens (including phenoxy) is 1. The summed E-state index contributed by atoms with van der Waals surface area (Å²) in [7, 11) is 0. The smallest absolute Gasteiger partial charge is 0.315 e. The topological polar surface area (TPSA) is 50.4 Å². The van der Waals surface area contributed by atoms with Crippen LogP contribution in [0.3, 0.4) is 0 Å². The highest BCUT2D eigenvalue weighted by molar-refractivity contribution is 5.74. The van der Waals surface area contributed by atoms with Crippen molar-refractivity contribution in [3.63, 3.8) is 0 Å². The summed E-state index contributed by atoms with van der Waals surface area (Å²) in [4.78, 5) is 11.8. The van der Waals surface area contributed by atoms with Gasteiger partial charge in [0.25, 0.3) is 0 Å². The van der Waals surface area contributed by atoms with Crippen molar-refractivity contribution in [3.05, 3.63) is 35.4 Å². The lowest BCUT2D eigenvalue weighted by Gasteiger charge is -2.18. The number of halogens is 2. The second-order valence-corrected chi connectivity index (χ2v) is 5.40. The largest absolute Gasteiger partial charge is 0.376 e. The highest BCUT2D eigenvalue weighted by Crippen LogP contribution is 2.17. The van der Waals surface area contributed by atoms with Crippen LogP contribution in [0.4, 0.5) is 13.6 Å². The van der Waals surface area contributed by atoms with Gasteiger partial charge in [0, 0.05) is 13.2 Å². The molecule has 1 heterocycles. The molecule has 3 atom stereocenters. The van der Waals surface area contributed by atoms with E-state index in [4.69, 9.17) is 4.74 Å². The van der Waals surface area contributed by atoms with Gasteiger partial charge in [-0.15, -0.1) is 0 Å². The maximum Gasteiger partial charge on any atom is 0.315 e. The predicted octanol–water partition coefficient (Wildman–Crippen LogP) is 2.54. The summed E-state index contributed by atoms with van der Waals surface area (Å²) >= 11 is 0. The van der Waals surface area contributed by atoms with Crippen LogP contribution in [-0.4, -0.2) is 31.3 Å². The molecular weight excluding hydrogens is 278 g/mol. The molecule has 0 aromatic heterocycles. The summed E-state index contributed by atoms with van der Waals surface area (Å²) < 4.78 is 31.4. The van der Waals surface area contributed by atoms with Crippen LogP contribution in [0.2, 0.25) is 0 Å². The van der Waals surface area contributed by atoms with E-state index >= 15 is 0 Å². The van der Waals surface area contributed by atoms with Crippen LogP contribution >= 0.6 is 0 Å². The Kier molecular flexibility index (Phi) is 5.12. The van der Waals surface area contributed by atoms with Crippen LogP contribution in [0.1, 0.15) is 31.7 Å². The number of carbonyl (C=O) groups is 1. The van der Waals surface area contributed by atoms with Crippen LogP contribution in [0.25, 0.3) is 0 Å². The van der Waals surface area contributed by atoms with Crippen LogP contribution in [-0.2, 0) is 4.74 Å². The molecule has 116 valence electrons. The molecule has 1 aliphatic rings. The van der Waals surface area contributed by atoms with E-state index in [1.54, 1.807) is 0 Å². The monoisotopic (exact) mass is 298 g/mol. The Morgan fingerprint density at radius 2 is 2.19 bits per heavy atom. The van der Waals surface area contributed by atoms with Crippen LogP contribution in [0.5, 0.6) is 0 Å².